The van der Waals surface area contributed by atoms with Gasteiger partial charge in [0, 0.05) is 17.1 Å². The molecule has 120 valence electrons. The van der Waals surface area contributed by atoms with Crippen LogP contribution in [0.1, 0.15) is 43.8 Å². The summed E-state index contributed by atoms with van der Waals surface area (Å²) in [5.74, 6) is 0.0764. The molecule has 1 aromatic rings. The Labute approximate surface area is 136 Å². The molecule has 2 N–H and O–H groups in total. The first-order chi connectivity index (χ1) is 10.6. The summed E-state index contributed by atoms with van der Waals surface area (Å²) in [7, 11) is 0. The molecule has 1 aliphatic carbocycles. The average Bonchev–Trinajstić information content (AvgIpc) is 2.55. The van der Waals surface area contributed by atoms with Crippen molar-refractivity contribution in [3.05, 3.63) is 34.9 Å². The Balaban J connectivity index is 1.73. The predicted octanol–water partition coefficient (Wildman–Crippen LogP) is 2.90. The van der Waals surface area contributed by atoms with E-state index in [1.807, 2.05) is 29.2 Å². The summed E-state index contributed by atoms with van der Waals surface area (Å²) >= 11 is 6.25. The molecule has 1 aromatic carbocycles. The Bertz CT molecular complexity index is 543. The van der Waals surface area contributed by atoms with Crippen LogP contribution in [-0.4, -0.2) is 36.0 Å². The molecule has 0 spiro atoms. The summed E-state index contributed by atoms with van der Waals surface area (Å²) in [4.78, 5) is 14.7. The molecule has 22 heavy (non-hydrogen) atoms. The molecule has 1 heterocycles. The van der Waals surface area contributed by atoms with Crippen LogP contribution in [0.25, 0.3) is 0 Å². The fourth-order valence-corrected chi connectivity index (χ4v) is 3.73. The zero-order chi connectivity index (χ0) is 15.6. The molecule has 1 amide bonds. The van der Waals surface area contributed by atoms with Crippen molar-refractivity contribution in [2.24, 2.45) is 5.73 Å². The third-order valence-electron chi connectivity index (χ3n) is 4.78. The number of hydrogen-bond acceptors (Lipinski definition) is 3. The Morgan fingerprint density at radius 3 is 2.73 bits per heavy atom. The molecule has 5 heteroatoms. The lowest BCUT2D eigenvalue weighted by Crippen LogP contribution is -2.58. The number of benzene rings is 1. The topological polar surface area (TPSA) is 55.6 Å². The van der Waals surface area contributed by atoms with Crippen LogP contribution in [0.4, 0.5) is 0 Å². The van der Waals surface area contributed by atoms with Crippen molar-refractivity contribution in [3.8, 4) is 0 Å². The van der Waals surface area contributed by atoms with Crippen molar-refractivity contribution < 1.29 is 9.53 Å². The van der Waals surface area contributed by atoms with E-state index < -0.39 is 5.54 Å². The number of morpholine rings is 1. The van der Waals surface area contributed by atoms with E-state index in [0.29, 0.717) is 24.7 Å². The fourth-order valence-electron chi connectivity index (χ4n) is 3.47. The van der Waals surface area contributed by atoms with Gasteiger partial charge in [-0.1, -0.05) is 49.1 Å². The smallest absolute Gasteiger partial charge is 0.242 e. The quantitative estimate of drug-likeness (QED) is 0.911. The summed E-state index contributed by atoms with van der Waals surface area (Å²) in [6, 6.07) is 7.65. The van der Waals surface area contributed by atoms with Crippen LogP contribution in [0, 0.1) is 0 Å². The first kappa shape index (κ1) is 15.8. The van der Waals surface area contributed by atoms with E-state index in [1.165, 1.54) is 6.42 Å². The van der Waals surface area contributed by atoms with Gasteiger partial charge in [0.05, 0.1) is 18.7 Å². The molecule has 1 unspecified atom stereocenters. The molecule has 4 nitrogen and oxygen atoms in total. The van der Waals surface area contributed by atoms with Gasteiger partial charge in [0.15, 0.2) is 0 Å². The molecule has 1 aliphatic heterocycles. The summed E-state index contributed by atoms with van der Waals surface area (Å²) in [5.41, 5.74) is 6.65. The predicted molar refractivity (Wildman–Crippen MR) is 86.7 cm³/mol. The Morgan fingerprint density at radius 1 is 1.27 bits per heavy atom. The van der Waals surface area contributed by atoms with Crippen LogP contribution in [0.15, 0.2) is 24.3 Å². The van der Waals surface area contributed by atoms with E-state index in [2.05, 4.69) is 0 Å². The summed E-state index contributed by atoms with van der Waals surface area (Å²) in [5, 5.41) is 0.682. The minimum absolute atomic E-state index is 0.0764. The number of nitrogens with two attached hydrogens (primary N) is 1. The molecule has 2 aliphatic rings. The van der Waals surface area contributed by atoms with Crippen LogP contribution in [-0.2, 0) is 9.53 Å². The van der Waals surface area contributed by atoms with Crippen LogP contribution in [0.2, 0.25) is 5.02 Å². The largest absolute Gasteiger partial charge is 0.370 e. The molecule has 0 radical (unpaired) electrons. The van der Waals surface area contributed by atoms with Crippen molar-refractivity contribution in [1.82, 2.24) is 4.90 Å². The van der Waals surface area contributed by atoms with Gasteiger partial charge in [-0.3, -0.25) is 4.79 Å². The van der Waals surface area contributed by atoms with Gasteiger partial charge in [-0.15, -0.1) is 0 Å². The third-order valence-corrected chi connectivity index (χ3v) is 5.12. The number of rotatable bonds is 2. The zero-order valence-electron chi connectivity index (χ0n) is 12.8. The molecule has 1 saturated carbocycles. The van der Waals surface area contributed by atoms with E-state index in [-0.39, 0.29) is 12.0 Å². The van der Waals surface area contributed by atoms with Crippen molar-refractivity contribution in [2.45, 2.75) is 43.7 Å². The average molecular weight is 323 g/mol. The number of carbonyl (C=O) groups is 1. The molecular weight excluding hydrogens is 300 g/mol. The Kier molecular flexibility index (Phi) is 4.71. The van der Waals surface area contributed by atoms with Gasteiger partial charge in [0.25, 0.3) is 0 Å². The number of nitrogens with zero attached hydrogens (tertiary/aromatic N) is 1. The van der Waals surface area contributed by atoms with E-state index in [1.54, 1.807) is 0 Å². The molecule has 2 fully saturated rings. The highest BCUT2D eigenvalue weighted by atomic mass is 35.5. The molecule has 0 bridgehead atoms. The van der Waals surface area contributed by atoms with Crippen molar-refractivity contribution in [1.29, 1.82) is 0 Å². The highest BCUT2D eigenvalue weighted by Crippen LogP contribution is 2.32. The van der Waals surface area contributed by atoms with Crippen molar-refractivity contribution in [2.75, 3.05) is 19.7 Å². The molecule has 3 rings (SSSR count). The Hall–Kier alpha value is -1.10. The van der Waals surface area contributed by atoms with Gasteiger partial charge in [-0.05, 0) is 18.9 Å². The first-order valence-electron chi connectivity index (χ1n) is 8.04. The lowest BCUT2D eigenvalue weighted by Gasteiger charge is -2.40. The molecule has 1 saturated heterocycles. The molecule has 1 atom stereocenters. The van der Waals surface area contributed by atoms with Crippen molar-refractivity contribution >= 4 is 17.5 Å². The Morgan fingerprint density at radius 2 is 2.00 bits per heavy atom. The number of amides is 1. The van der Waals surface area contributed by atoms with Crippen LogP contribution in [0.5, 0.6) is 0 Å². The first-order valence-corrected chi connectivity index (χ1v) is 8.42. The number of carbonyl (C=O) groups excluding carboxylic acids is 1. The minimum atomic E-state index is -0.680. The lowest BCUT2D eigenvalue weighted by atomic mass is 9.81. The van der Waals surface area contributed by atoms with E-state index >= 15 is 0 Å². The SMILES string of the molecule is NC1(C(=O)N2CCOC(c3ccccc3Cl)C2)CCCCC1. The molecular formula is C17H23ClN2O2. The monoisotopic (exact) mass is 322 g/mol. The van der Waals surface area contributed by atoms with Crippen LogP contribution in [0.3, 0.4) is 0 Å². The second-order valence-corrected chi connectivity index (χ2v) is 6.76. The van der Waals surface area contributed by atoms with Crippen molar-refractivity contribution in [3.63, 3.8) is 0 Å². The number of ether oxygens (including phenoxy) is 1. The van der Waals surface area contributed by atoms with E-state index in [4.69, 9.17) is 22.1 Å². The number of halogens is 1. The third kappa shape index (κ3) is 3.14. The van der Waals surface area contributed by atoms with E-state index in [0.717, 1.165) is 31.2 Å². The van der Waals surface area contributed by atoms with Gasteiger partial charge in [0.1, 0.15) is 6.10 Å². The van der Waals surface area contributed by atoms with Gasteiger partial charge in [-0.2, -0.15) is 0 Å². The second-order valence-electron chi connectivity index (χ2n) is 6.35. The second kappa shape index (κ2) is 6.57. The van der Waals surface area contributed by atoms with Gasteiger partial charge in [-0.25, -0.2) is 0 Å². The van der Waals surface area contributed by atoms with Crippen LogP contribution >= 0.6 is 11.6 Å². The highest BCUT2D eigenvalue weighted by Gasteiger charge is 2.40. The van der Waals surface area contributed by atoms with Crippen LogP contribution < -0.4 is 5.73 Å². The highest BCUT2D eigenvalue weighted by molar-refractivity contribution is 6.31. The minimum Gasteiger partial charge on any atom is -0.370 e. The number of hydrogen-bond donors (Lipinski definition) is 1. The normalized spacial score (nSPS) is 25.0. The van der Waals surface area contributed by atoms with Gasteiger partial charge in [0.2, 0.25) is 5.91 Å². The fraction of sp³-hybridized carbons (Fsp3) is 0.588. The lowest BCUT2D eigenvalue weighted by molar-refractivity contribution is -0.146. The van der Waals surface area contributed by atoms with E-state index in [9.17, 15) is 4.79 Å². The zero-order valence-corrected chi connectivity index (χ0v) is 13.5. The summed E-state index contributed by atoms with van der Waals surface area (Å²) in [6.07, 6.45) is 4.68. The maximum atomic E-state index is 12.8. The molecule has 0 aromatic heterocycles. The maximum Gasteiger partial charge on any atom is 0.242 e. The summed E-state index contributed by atoms with van der Waals surface area (Å²) < 4.78 is 5.83. The van der Waals surface area contributed by atoms with Gasteiger partial charge < -0.3 is 15.4 Å². The standard InChI is InChI=1S/C17H23ClN2O2/c18-14-7-3-2-6-13(14)15-12-20(10-11-22-15)16(21)17(19)8-4-1-5-9-17/h2-3,6-7,15H,1,4-5,8-12,19H2. The van der Waals surface area contributed by atoms with Gasteiger partial charge >= 0.3 is 0 Å². The maximum absolute atomic E-state index is 12.8. The summed E-state index contributed by atoms with van der Waals surface area (Å²) in [6.45, 7) is 1.66.